The van der Waals surface area contributed by atoms with Crippen LogP contribution in [0.3, 0.4) is 0 Å². The van der Waals surface area contributed by atoms with E-state index in [0.717, 1.165) is 30.4 Å². The van der Waals surface area contributed by atoms with E-state index in [4.69, 9.17) is 0 Å². The summed E-state index contributed by atoms with van der Waals surface area (Å²) >= 11 is 0. The van der Waals surface area contributed by atoms with Crippen molar-refractivity contribution in [3.05, 3.63) is 28.8 Å². The number of hydrogen-bond donors (Lipinski definition) is 1. The van der Waals surface area contributed by atoms with E-state index in [1.807, 2.05) is 6.92 Å². The molecule has 1 N–H and O–H groups in total. The lowest BCUT2D eigenvalue weighted by atomic mass is 9.63. The van der Waals surface area contributed by atoms with Crippen LogP contribution in [0.15, 0.2) is 12.1 Å². The van der Waals surface area contributed by atoms with Gasteiger partial charge in [0.1, 0.15) is 11.9 Å². The zero-order chi connectivity index (χ0) is 10.6. The summed E-state index contributed by atoms with van der Waals surface area (Å²) in [7, 11) is 0. The molecule has 0 radical (unpaired) electrons. The molecule has 1 atom stereocenters. The third-order valence-electron chi connectivity index (χ3n) is 4.14. The Bertz CT molecular complexity index is 421. The Morgan fingerprint density at radius 1 is 1.40 bits per heavy atom. The first-order valence-electron chi connectivity index (χ1n) is 5.60. The summed E-state index contributed by atoms with van der Waals surface area (Å²) in [5, 5.41) is 9.50. The summed E-state index contributed by atoms with van der Waals surface area (Å²) in [5.74, 6) is 0.273. The van der Waals surface area contributed by atoms with Gasteiger partial charge in [-0.15, -0.1) is 0 Å². The van der Waals surface area contributed by atoms with Crippen molar-refractivity contribution in [3.63, 3.8) is 0 Å². The highest BCUT2D eigenvalue weighted by Gasteiger charge is 2.52. The monoisotopic (exact) mass is 206 g/mol. The lowest BCUT2D eigenvalue weighted by Crippen LogP contribution is -2.40. The minimum atomic E-state index is -0.734. The number of rotatable bonds is 0. The summed E-state index contributed by atoms with van der Waals surface area (Å²) in [6, 6.07) is 3.50. The van der Waals surface area contributed by atoms with Crippen LogP contribution in [0.25, 0.3) is 0 Å². The normalized spacial score (nSPS) is 26.4. The molecule has 0 saturated heterocycles. The van der Waals surface area contributed by atoms with E-state index in [1.165, 1.54) is 5.56 Å². The van der Waals surface area contributed by atoms with Gasteiger partial charge in [0.05, 0.1) is 0 Å². The highest BCUT2D eigenvalue weighted by Crippen LogP contribution is 2.55. The molecule has 3 rings (SSSR count). The predicted molar refractivity (Wildman–Crippen MR) is 57.0 cm³/mol. The van der Waals surface area contributed by atoms with Crippen LogP contribution in [-0.4, -0.2) is 11.3 Å². The molecule has 1 aromatic rings. The van der Waals surface area contributed by atoms with Crippen molar-refractivity contribution in [2.24, 2.45) is 0 Å². The summed E-state index contributed by atoms with van der Waals surface area (Å²) in [5.41, 5.74) is 3.09. The van der Waals surface area contributed by atoms with Crippen molar-refractivity contribution in [1.29, 1.82) is 0 Å². The van der Waals surface area contributed by atoms with Crippen LogP contribution in [0.1, 0.15) is 36.0 Å². The maximum Gasteiger partial charge on any atom is 0.116 e. The smallest absolute Gasteiger partial charge is 0.116 e. The molecule has 0 aliphatic heterocycles. The second-order valence-corrected chi connectivity index (χ2v) is 4.98. The first kappa shape index (κ1) is 9.20. The molecule has 15 heavy (non-hydrogen) atoms. The van der Waals surface area contributed by atoms with Gasteiger partial charge in [-0.3, -0.25) is 0 Å². The molecule has 0 bridgehead atoms. The average molecular weight is 206 g/mol. The Labute approximate surface area is 88.9 Å². The quantitative estimate of drug-likeness (QED) is 0.691. The molecule has 1 fully saturated rings. The Balaban J connectivity index is 2.20. The van der Waals surface area contributed by atoms with Gasteiger partial charge >= 0.3 is 0 Å². The first-order chi connectivity index (χ1) is 7.13. The molecule has 80 valence electrons. The van der Waals surface area contributed by atoms with Gasteiger partial charge in [-0.25, -0.2) is 4.39 Å². The third kappa shape index (κ3) is 1.02. The van der Waals surface area contributed by atoms with Crippen molar-refractivity contribution in [2.75, 3.05) is 0 Å². The standard InChI is InChI=1S/C13H15FO/c1-8-5-10(15)6-9-7-11(14)13(12(8)9)3-2-4-13/h5-6,11,15H,2-4,7H2,1H3. The number of phenolic OH excluding ortho intramolecular Hbond substituents is 1. The second kappa shape index (κ2) is 2.75. The molecule has 0 amide bonds. The van der Waals surface area contributed by atoms with Crippen molar-refractivity contribution >= 4 is 0 Å². The minimum Gasteiger partial charge on any atom is -0.508 e. The van der Waals surface area contributed by atoms with Crippen LogP contribution >= 0.6 is 0 Å². The van der Waals surface area contributed by atoms with Crippen LogP contribution in [0, 0.1) is 6.92 Å². The van der Waals surface area contributed by atoms with Gasteiger partial charge < -0.3 is 5.11 Å². The molecule has 2 aliphatic rings. The summed E-state index contributed by atoms with van der Waals surface area (Å²) < 4.78 is 14.0. The highest BCUT2D eigenvalue weighted by atomic mass is 19.1. The van der Waals surface area contributed by atoms with Crippen molar-refractivity contribution < 1.29 is 9.50 Å². The molecular weight excluding hydrogens is 191 g/mol. The fraction of sp³-hybridized carbons (Fsp3) is 0.538. The molecule has 0 aromatic heterocycles. The summed E-state index contributed by atoms with van der Waals surface area (Å²) in [6.07, 6.45) is 2.85. The van der Waals surface area contributed by atoms with Gasteiger partial charge in [0.25, 0.3) is 0 Å². The number of benzene rings is 1. The molecule has 2 aliphatic carbocycles. The molecule has 1 saturated carbocycles. The topological polar surface area (TPSA) is 20.2 Å². The van der Waals surface area contributed by atoms with E-state index >= 15 is 0 Å². The SMILES string of the molecule is Cc1cc(O)cc2c1C1(CCC1)C(F)C2. The van der Waals surface area contributed by atoms with Crippen molar-refractivity contribution in [2.45, 2.75) is 44.2 Å². The molecular formula is C13H15FO. The number of alkyl halides is 1. The Kier molecular flexibility index (Phi) is 1.68. The number of aryl methyl sites for hydroxylation is 1. The molecule has 1 aromatic carbocycles. The van der Waals surface area contributed by atoms with E-state index in [9.17, 15) is 9.50 Å². The molecule has 1 nitrogen and oxygen atoms in total. The van der Waals surface area contributed by atoms with E-state index in [2.05, 4.69) is 0 Å². The average Bonchev–Trinajstić information content (AvgIpc) is 2.35. The van der Waals surface area contributed by atoms with E-state index in [-0.39, 0.29) is 11.2 Å². The Hall–Kier alpha value is -1.05. The van der Waals surface area contributed by atoms with Gasteiger partial charge in [-0.2, -0.15) is 0 Å². The summed E-state index contributed by atoms with van der Waals surface area (Å²) in [4.78, 5) is 0. The molecule has 2 heteroatoms. The van der Waals surface area contributed by atoms with Crippen molar-refractivity contribution in [3.8, 4) is 5.75 Å². The number of hydrogen-bond acceptors (Lipinski definition) is 1. The van der Waals surface area contributed by atoms with E-state index in [0.29, 0.717) is 6.42 Å². The molecule has 1 spiro atoms. The largest absolute Gasteiger partial charge is 0.508 e. The lowest BCUT2D eigenvalue weighted by molar-refractivity contribution is 0.118. The van der Waals surface area contributed by atoms with Crippen LogP contribution in [0.4, 0.5) is 4.39 Å². The van der Waals surface area contributed by atoms with Gasteiger partial charge in [0.2, 0.25) is 0 Å². The van der Waals surface area contributed by atoms with Crippen LogP contribution in [0.5, 0.6) is 5.75 Å². The number of aromatic hydroxyl groups is 1. The van der Waals surface area contributed by atoms with Gasteiger partial charge in [0.15, 0.2) is 0 Å². The van der Waals surface area contributed by atoms with E-state index in [1.54, 1.807) is 12.1 Å². The number of fused-ring (bicyclic) bond motifs is 2. The van der Waals surface area contributed by atoms with Gasteiger partial charge in [-0.1, -0.05) is 6.42 Å². The Morgan fingerprint density at radius 3 is 2.73 bits per heavy atom. The third-order valence-corrected chi connectivity index (χ3v) is 4.14. The minimum absolute atomic E-state index is 0.187. The first-order valence-corrected chi connectivity index (χ1v) is 5.60. The maximum atomic E-state index is 14.0. The zero-order valence-corrected chi connectivity index (χ0v) is 8.89. The van der Waals surface area contributed by atoms with Gasteiger partial charge in [-0.05, 0) is 48.6 Å². The fourth-order valence-electron chi connectivity index (χ4n) is 3.38. The summed E-state index contributed by atoms with van der Waals surface area (Å²) in [6.45, 7) is 1.98. The van der Waals surface area contributed by atoms with Crippen molar-refractivity contribution in [1.82, 2.24) is 0 Å². The lowest BCUT2D eigenvalue weighted by Gasteiger charge is -2.42. The fourth-order valence-corrected chi connectivity index (χ4v) is 3.38. The van der Waals surface area contributed by atoms with E-state index < -0.39 is 6.17 Å². The molecule has 0 heterocycles. The van der Waals surface area contributed by atoms with Crippen LogP contribution in [0.2, 0.25) is 0 Å². The number of halogens is 1. The Morgan fingerprint density at radius 2 is 2.13 bits per heavy atom. The number of phenols is 1. The molecule has 1 unspecified atom stereocenters. The predicted octanol–water partition coefficient (Wildman–Crippen LogP) is 3.02. The van der Waals surface area contributed by atoms with Crippen LogP contribution < -0.4 is 0 Å². The zero-order valence-electron chi connectivity index (χ0n) is 8.89. The maximum absolute atomic E-state index is 14.0. The second-order valence-electron chi connectivity index (χ2n) is 4.98. The van der Waals surface area contributed by atoms with Crippen LogP contribution in [-0.2, 0) is 11.8 Å². The highest BCUT2D eigenvalue weighted by molar-refractivity contribution is 5.51. The van der Waals surface area contributed by atoms with Gasteiger partial charge in [0, 0.05) is 11.8 Å².